The molecule has 0 atom stereocenters. The molecule has 0 bridgehead atoms. The van der Waals surface area contributed by atoms with Crippen LogP contribution >= 0.6 is 34.8 Å². The van der Waals surface area contributed by atoms with Crippen molar-refractivity contribution in [2.24, 2.45) is 0 Å². The molecule has 26 heavy (non-hydrogen) atoms. The SMILES string of the molecule is Fc1cc(F)cc(Oc2cc(Cl)c(OCc3ccc(Cl)cc3)cc2Cl)c1. The zero-order valence-electron chi connectivity index (χ0n) is 13.1. The molecule has 0 spiro atoms. The number of rotatable bonds is 5. The van der Waals surface area contributed by atoms with E-state index in [0.717, 1.165) is 23.8 Å². The van der Waals surface area contributed by atoms with Gasteiger partial charge in [-0.05, 0) is 17.7 Å². The lowest BCUT2D eigenvalue weighted by atomic mass is 10.2. The molecule has 0 aromatic heterocycles. The van der Waals surface area contributed by atoms with Crippen LogP contribution in [0.4, 0.5) is 8.78 Å². The van der Waals surface area contributed by atoms with E-state index in [1.54, 1.807) is 12.1 Å². The summed E-state index contributed by atoms with van der Waals surface area (Å²) in [6.45, 7) is 0.266. The molecular formula is C19H11Cl3F2O2. The second-order valence-corrected chi connectivity index (χ2v) is 6.59. The lowest BCUT2D eigenvalue weighted by molar-refractivity contribution is 0.306. The van der Waals surface area contributed by atoms with Crippen molar-refractivity contribution in [2.75, 3.05) is 0 Å². The quantitative estimate of drug-likeness (QED) is 0.435. The van der Waals surface area contributed by atoms with Crippen molar-refractivity contribution < 1.29 is 18.3 Å². The molecule has 0 N–H and O–H groups in total. The van der Waals surface area contributed by atoms with E-state index in [-0.39, 0.29) is 28.2 Å². The fourth-order valence-corrected chi connectivity index (χ4v) is 2.68. The van der Waals surface area contributed by atoms with E-state index in [1.807, 2.05) is 12.1 Å². The predicted octanol–water partition coefficient (Wildman–Crippen LogP) is 7.30. The van der Waals surface area contributed by atoms with Gasteiger partial charge in [0, 0.05) is 35.4 Å². The molecule has 3 aromatic carbocycles. The predicted molar refractivity (Wildman–Crippen MR) is 98.7 cm³/mol. The molecule has 0 saturated carbocycles. The van der Waals surface area contributed by atoms with Crippen molar-refractivity contribution in [1.82, 2.24) is 0 Å². The fraction of sp³-hybridized carbons (Fsp3) is 0.0526. The van der Waals surface area contributed by atoms with Crippen LogP contribution in [0.25, 0.3) is 0 Å². The van der Waals surface area contributed by atoms with E-state index in [4.69, 9.17) is 44.3 Å². The molecule has 0 radical (unpaired) electrons. The first-order chi connectivity index (χ1) is 12.4. The van der Waals surface area contributed by atoms with Crippen LogP contribution in [0, 0.1) is 11.6 Å². The maximum Gasteiger partial charge on any atom is 0.147 e. The van der Waals surface area contributed by atoms with E-state index < -0.39 is 11.6 Å². The second-order valence-electron chi connectivity index (χ2n) is 5.34. The number of hydrogen-bond donors (Lipinski definition) is 0. The van der Waals surface area contributed by atoms with Gasteiger partial charge in [0.1, 0.15) is 35.5 Å². The largest absolute Gasteiger partial charge is 0.487 e. The van der Waals surface area contributed by atoms with Gasteiger partial charge in [0.25, 0.3) is 0 Å². The maximum atomic E-state index is 13.3. The molecule has 0 unspecified atom stereocenters. The molecule has 0 saturated heterocycles. The minimum atomic E-state index is -0.759. The zero-order chi connectivity index (χ0) is 18.7. The van der Waals surface area contributed by atoms with Gasteiger partial charge in [-0.15, -0.1) is 0 Å². The molecule has 0 fully saturated rings. The summed E-state index contributed by atoms with van der Waals surface area (Å²) in [7, 11) is 0. The van der Waals surface area contributed by atoms with Gasteiger partial charge in [-0.1, -0.05) is 46.9 Å². The highest BCUT2D eigenvalue weighted by atomic mass is 35.5. The average Bonchev–Trinajstić information content (AvgIpc) is 2.57. The summed E-state index contributed by atoms with van der Waals surface area (Å²) in [5.74, 6) is -1.05. The number of hydrogen-bond acceptors (Lipinski definition) is 2. The fourth-order valence-electron chi connectivity index (χ4n) is 2.16. The Balaban J connectivity index is 1.76. The number of ether oxygens (including phenoxy) is 2. The number of halogens is 5. The second kappa shape index (κ2) is 8.12. The van der Waals surface area contributed by atoms with Crippen LogP contribution in [0.2, 0.25) is 15.1 Å². The zero-order valence-corrected chi connectivity index (χ0v) is 15.4. The van der Waals surface area contributed by atoms with Crippen molar-refractivity contribution in [3.05, 3.63) is 86.9 Å². The molecule has 7 heteroatoms. The summed E-state index contributed by atoms with van der Waals surface area (Å²) in [6, 6.07) is 12.9. The Morgan fingerprint density at radius 2 is 1.31 bits per heavy atom. The van der Waals surface area contributed by atoms with Crippen LogP contribution in [0.1, 0.15) is 5.56 Å². The molecule has 0 aliphatic heterocycles. The Morgan fingerprint density at radius 3 is 1.96 bits per heavy atom. The van der Waals surface area contributed by atoms with Crippen LogP contribution in [-0.4, -0.2) is 0 Å². The third-order valence-electron chi connectivity index (χ3n) is 3.36. The molecule has 0 amide bonds. The monoisotopic (exact) mass is 414 g/mol. The third kappa shape index (κ3) is 4.79. The highest BCUT2D eigenvalue weighted by Gasteiger charge is 2.12. The molecule has 134 valence electrons. The van der Waals surface area contributed by atoms with E-state index in [1.165, 1.54) is 12.1 Å². The first kappa shape index (κ1) is 18.8. The van der Waals surface area contributed by atoms with Gasteiger partial charge in [0.15, 0.2) is 0 Å². The smallest absolute Gasteiger partial charge is 0.147 e. The van der Waals surface area contributed by atoms with Crippen LogP contribution < -0.4 is 9.47 Å². The molecule has 0 aliphatic rings. The van der Waals surface area contributed by atoms with Gasteiger partial charge < -0.3 is 9.47 Å². The molecular weight excluding hydrogens is 405 g/mol. The molecule has 3 aromatic rings. The Hall–Kier alpha value is -2.01. The normalized spacial score (nSPS) is 10.7. The Kier molecular flexibility index (Phi) is 5.87. The molecule has 0 heterocycles. The van der Waals surface area contributed by atoms with Crippen molar-refractivity contribution in [1.29, 1.82) is 0 Å². The molecule has 3 rings (SSSR count). The first-order valence-corrected chi connectivity index (χ1v) is 8.54. The van der Waals surface area contributed by atoms with E-state index in [9.17, 15) is 8.78 Å². The summed E-state index contributed by atoms with van der Waals surface area (Å²) < 4.78 is 37.6. The summed E-state index contributed by atoms with van der Waals surface area (Å²) in [5.41, 5.74) is 0.900. The number of benzene rings is 3. The summed E-state index contributed by atoms with van der Waals surface area (Å²) in [4.78, 5) is 0. The van der Waals surface area contributed by atoms with Crippen LogP contribution in [0.15, 0.2) is 54.6 Å². The van der Waals surface area contributed by atoms with Gasteiger partial charge in [-0.25, -0.2) is 8.78 Å². The Labute approximate surface area is 163 Å². The van der Waals surface area contributed by atoms with Gasteiger partial charge in [-0.3, -0.25) is 0 Å². The Morgan fingerprint density at radius 1 is 0.731 bits per heavy atom. The van der Waals surface area contributed by atoms with Crippen molar-refractivity contribution in [3.8, 4) is 17.2 Å². The summed E-state index contributed by atoms with van der Waals surface area (Å²) >= 11 is 18.2. The minimum Gasteiger partial charge on any atom is -0.487 e. The maximum absolute atomic E-state index is 13.3. The first-order valence-electron chi connectivity index (χ1n) is 7.41. The van der Waals surface area contributed by atoms with Gasteiger partial charge in [0.2, 0.25) is 0 Å². The van der Waals surface area contributed by atoms with E-state index >= 15 is 0 Å². The highest BCUT2D eigenvalue weighted by molar-refractivity contribution is 6.35. The Bertz CT molecular complexity index is 911. The minimum absolute atomic E-state index is 0.0321. The third-order valence-corrected chi connectivity index (χ3v) is 4.20. The van der Waals surface area contributed by atoms with Gasteiger partial charge >= 0.3 is 0 Å². The summed E-state index contributed by atoms with van der Waals surface area (Å²) in [5, 5.41) is 1.06. The van der Waals surface area contributed by atoms with Crippen LogP contribution in [0.5, 0.6) is 17.2 Å². The standard InChI is InChI=1S/C19H11Cl3F2O2/c20-12-3-1-11(2-4-12)10-25-18-8-17(22)19(9-16(18)21)26-15-6-13(23)5-14(24)7-15/h1-9H,10H2. The van der Waals surface area contributed by atoms with E-state index in [2.05, 4.69) is 0 Å². The molecule has 0 aliphatic carbocycles. The van der Waals surface area contributed by atoms with E-state index in [0.29, 0.717) is 10.8 Å². The lowest BCUT2D eigenvalue weighted by Gasteiger charge is -2.12. The highest BCUT2D eigenvalue weighted by Crippen LogP contribution is 2.38. The van der Waals surface area contributed by atoms with Gasteiger partial charge in [-0.2, -0.15) is 0 Å². The lowest BCUT2D eigenvalue weighted by Crippen LogP contribution is -1.96. The average molecular weight is 416 g/mol. The van der Waals surface area contributed by atoms with Crippen molar-refractivity contribution in [3.63, 3.8) is 0 Å². The molecule has 2 nitrogen and oxygen atoms in total. The topological polar surface area (TPSA) is 18.5 Å². The van der Waals surface area contributed by atoms with Crippen LogP contribution in [-0.2, 0) is 6.61 Å². The van der Waals surface area contributed by atoms with Gasteiger partial charge in [0.05, 0.1) is 10.0 Å². The van der Waals surface area contributed by atoms with Crippen molar-refractivity contribution in [2.45, 2.75) is 6.61 Å². The van der Waals surface area contributed by atoms with Crippen molar-refractivity contribution >= 4 is 34.8 Å². The van der Waals surface area contributed by atoms with Crippen LogP contribution in [0.3, 0.4) is 0 Å². The summed E-state index contributed by atoms with van der Waals surface area (Å²) in [6.07, 6.45) is 0.